The van der Waals surface area contributed by atoms with E-state index in [0.29, 0.717) is 0 Å². The van der Waals surface area contributed by atoms with Crippen molar-refractivity contribution in [3.8, 4) is 0 Å². The Balaban J connectivity index is 2.95. The lowest BCUT2D eigenvalue weighted by Crippen LogP contribution is -2.21. The summed E-state index contributed by atoms with van der Waals surface area (Å²) in [7, 11) is 0. The maximum Gasteiger partial charge on any atom is 0.219 e. The molecular formula is C9H10ClFN2O. The highest BCUT2D eigenvalue weighted by Crippen LogP contribution is 2.23. The summed E-state index contributed by atoms with van der Waals surface area (Å²) in [5.74, 6) is -1.17. The van der Waals surface area contributed by atoms with Gasteiger partial charge in [-0.2, -0.15) is 0 Å². The molecule has 0 fully saturated rings. The summed E-state index contributed by atoms with van der Waals surface area (Å²) >= 11 is 5.55. The molecule has 0 saturated heterocycles. The molecule has 5 heteroatoms. The van der Waals surface area contributed by atoms with Gasteiger partial charge >= 0.3 is 0 Å². The number of benzene rings is 1. The Labute approximate surface area is 85.8 Å². The highest BCUT2D eigenvalue weighted by molar-refractivity contribution is 6.30. The van der Waals surface area contributed by atoms with Crippen molar-refractivity contribution < 1.29 is 9.18 Å². The van der Waals surface area contributed by atoms with Gasteiger partial charge in [-0.1, -0.05) is 23.7 Å². The minimum absolute atomic E-state index is 0.0116. The number of carbonyl (C=O) groups excluding carboxylic acids is 1. The molecule has 1 rings (SSSR count). The van der Waals surface area contributed by atoms with E-state index in [0.717, 1.165) is 0 Å². The molecule has 1 aromatic rings. The molecule has 0 aromatic heterocycles. The summed E-state index contributed by atoms with van der Waals surface area (Å²) < 4.78 is 13.3. The van der Waals surface area contributed by atoms with E-state index in [1.807, 2.05) is 0 Å². The molecule has 4 N–H and O–H groups in total. The maximum atomic E-state index is 13.3. The van der Waals surface area contributed by atoms with E-state index < -0.39 is 17.8 Å². The van der Waals surface area contributed by atoms with Crippen molar-refractivity contribution in [1.29, 1.82) is 0 Å². The molecule has 0 aliphatic carbocycles. The van der Waals surface area contributed by atoms with Crippen LogP contribution in [0.2, 0.25) is 5.02 Å². The molecule has 0 heterocycles. The quantitative estimate of drug-likeness (QED) is 0.801. The van der Waals surface area contributed by atoms with Gasteiger partial charge in [-0.05, 0) is 6.07 Å². The van der Waals surface area contributed by atoms with Crippen molar-refractivity contribution in [1.82, 2.24) is 0 Å². The number of carbonyl (C=O) groups is 1. The van der Waals surface area contributed by atoms with Crippen LogP contribution in [-0.4, -0.2) is 5.91 Å². The van der Waals surface area contributed by atoms with E-state index in [1.54, 1.807) is 6.07 Å². The van der Waals surface area contributed by atoms with Crippen molar-refractivity contribution in [2.75, 3.05) is 0 Å². The van der Waals surface area contributed by atoms with Crippen LogP contribution in [0.1, 0.15) is 18.0 Å². The molecule has 3 nitrogen and oxygen atoms in total. The second-order valence-corrected chi connectivity index (χ2v) is 3.33. The Kier molecular flexibility index (Phi) is 3.43. The topological polar surface area (TPSA) is 69.1 Å². The van der Waals surface area contributed by atoms with Crippen LogP contribution in [0.25, 0.3) is 0 Å². The van der Waals surface area contributed by atoms with E-state index in [9.17, 15) is 9.18 Å². The van der Waals surface area contributed by atoms with Gasteiger partial charge in [0.2, 0.25) is 5.91 Å². The summed E-state index contributed by atoms with van der Waals surface area (Å²) in [5.41, 5.74) is 10.7. The van der Waals surface area contributed by atoms with E-state index >= 15 is 0 Å². The number of rotatable bonds is 3. The molecule has 0 spiro atoms. The molecule has 0 unspecified atom stereocenters. The molecule has 1 atom stereocenters. The standard InChI is InChI=1S/C9H10ClFN2O/c10-6-3-1-2-5(9(6)11)7(12)4-8(13)14/h1-3,7H,4,12H2,(H2,13,14)/t7-/m1/s1. The number of halogens is 2. The fourth-order valence-corrected chi connectivity index (χ4v) is 1.32. The summed E-state index contributed by atoms with van der Waals surface area (Å²) in [6.07, 6.45) is -0.0999. The third kappa shape index (κ3) is 2.43. The van der Waals surface area contributed by atoms with Crippen LogP contribution >= 0.6 is 11.6 Å². The molecule has 76 valence electrons. The lowest BCUT2D eigenvalue weighted by Gasteiger charge is -2.11. The number of hydrogen-bond acceptors (Lipinski definition) is 2. The zero-order valence-electron chi connectivity index (χ0n) is 7.34. The minimum atomic E-state index is -0.744. The third-order valence-electron chi connectivity index (χ3n) is 1.80. The van der Waals surface area contributed by atoms with Gasteiger partial charge in [-0.15, -0.1) is 0 Å². The number of nitrogens with two attached hydrogens (primary N) is 2. The zero-order valence-corrected chi connectivity index (χ0v) is 8.09. The normalized spacial score (nSPS) is 12.5. The van der Waals surface area contributed by atoms with Crippen LogP contribution < -0.4 is 11.5 Å². The van der Waals surface area contributed by atoms with Gasteiger partial charge in [0.25, 0.3) is 0 Å². The van der Waals surface area contributed by atoms with E-state index in [1.165, 1.54) is 12.1 Å². The highest BCUT2D eigenvalue weighted by atomic mass is 35.5. The van der Waals surface area contributed by atoms with Gasteiger partial charge in [0.1, 0.15) is 5.82 Å². The average molecular weight is 217 g/mol. The van der Waals surface area contributed by atoms with Crippen LogP contribution in [0.4, 0.5) is 4.39 Å². The molecular weight excluding hydrogens is 207 g/mol. The molecule has 1 aromatic carbocycles. The largest absolute Gasteiger partial charge is 0.370 e. The smallest absolute Gasteiger partial charge is 0.219 e. The zero-order chi connectivity index (χ0) is 10.7. The van der Waals surface area contributed by atoms with Crippen LogP contribution in [-0.2, 0) is 4.79 Å². The van der Waals surface area contributed by atoms with Gasteiger partial charge in [-0.25, -0.2) is 4.39 Å². The molecule has 0 saturated carbocycles. The predicted octanol–water partition coefficient (Wildman–Crippen LogP) is 1.35. The molecule has 0 radical (unpaired) electrons. The average Bonchev–Trinajstić information content (AvgIpc) is 2.08. The van der Waals surface area contributed by atoms with Crippen molar-refractivity contribution in [2.24, 2.45) is 11.5 Å². The van der Waals surface area contributed by atoms with E-state index in [4.69, 9.17) is 23.1 Å². The second-order valence-electron chi connectivity index (χ2n) is 2.92. The third-order valence-corrected chi connectivity index (χ3v) is 2.09. The fourth-order valence-electron chi connectivity index (χ4n) is 1.13. The van der Waals surface area contributed by atoms with Crippen LogP contribution in [0, 0.1) is 5.82 Å². The van der Waals surface area contributed by atoms with Crippen molar-refractivity contribution >= 4 is 17.5 Å². The second kappa shape index (κ2) is 4.39. The molecule has 0 aliphatic rings. The SMILES string of the molecule is NC(=O)C[C@@H](N)c1cccc(Cl)c1F. The Morgan fingerprint density at radius 3 is 2.79 bits per heavy atom. The Morgan fingerprint density at radius 2 is 2.21 bits per heavy atom. The van der Waals surface area contributed by atoms with Gasteiger partial charge in [0.05, 0.1) is 5.02 Å². The van der Waals surface area contributed by atoms with Crippen molar-refractivity contribution in [2.45, 2.75) is 12.5 Å². The summed E-state index contributed by atoms with van der Waals surface area (Å²) in [6.45, 7) is 0. The van der Waals surface area contributed by atoms with Crippen LogP contribution in [0.15, 0.2) is 18.2 Å². The molecule has 14 heavy (non-hydrogen) atoms. The number of amides is 1. The van der Waals surface area contributed by atoms with E-state index in [-0.39, 0.29) is 17.0 Å². The number of hydrogen-bond donors (Lipinski definition) is 2. The lowest BCUT2D eigenvalue weighted by molar-refractivity contribution is -0.118. The van der Waals surface area contributed by atoms with Gasteiger partial charge in [0.15, 0.2) is 0 Å². The minimum Gasteiger partial charge on any atom is -0.370 e. The Bertz CT molecular complexity index is 357. The van der Waals surface area contributed by atoms with Gasteiger partial charge in [0, 0.05) is 18.0 Å². The highest BCUT2D eigenvalue weighted by Gasteiger charge is 2.15. The van der Waals surface area contributed by atoms with Crippen LogP contribution in [0.3, 0.4) is 0 Å². The lowest BCUT2D eigenvalue weighted by atomic mass is 10.0. The summed E-state index contributed by atoms with van der Waals surface area (Å²) in [6, 6.07) is 3.72. The number of primary amides is 1. The molecule has 0 aliphatic heterocycles. The van der Waals surface area contributed by atoms with Crippen molar-refractivity contribution in [3.05, 3.63) is 34.6 Å². The van der Waals surface area contributed by atoms with Gasteiger partial charge in [-0.3, -0.25) is 4.79 Å². The molecule has 1 amide bonds. The van der Waals surface area contributed by atoms with Crippen molar-refractivity contribution in [3.63, 3.8) is 0 Å². The summed E-state index contributed by atoms with van der Waals surface area (Å²) in [4.78, 5) is 10.6. The monoisotopic (exact) mass is 216 g/mol. The fraction of sp³-hybridized carbons (Fsp3) is 0.222. The Hall–Kier alpha value is -1.13. The van der Waals surface area contributed by atoms with Gasteiger partial charge < -0.3 is 11.5 Å². The first-order valence-electron chi connectivity index (χ1n) is 4.00. The Morgan fingerprint density at radius 1 is 1.57 bits per heavy atom. The summed E-state index contributed by atoms with van der Waals surface area (Å²) in [5, 5.41) is -0.0116. The van der Waals surface area contributed by atoms with Crippen LogP contribution in [0.5, 0.6) is 0 Å². The first kappa shape index (κ1) is 10.9. The first-order valence-corrected chi connectivity index (χ1v) is 4.38. The first-order chi connectivity index (χ1) is 6.52. The molecule has 0 bridgehead atoms. The predicted molar refractivity (Wildman–Crippen MR) is 52.1 cm³/mol. The van der Waals surface area contributed by atoms with E-state index in [2.05, 4.69) is 0 Å². The maximum absolute atomic E-state index is 13.3.